The smallest absolute Gasteiger partial charge is 0.120 e. The van der Waals surface area contributed by atoms with Crippen LogP contribution >= 0.6 is 0 Å². The van der Waals surface area contributed by atoms with E-state index in [9.17, 15) is 5.11 Å². The number of piperazine rings is 1. The lowest BCUT2D eigenvalue weighted by atomic mass is 10.0. The van der Waals surface area contributed by atoms with Gasteiger partial charge in [0.2, 0.25) is 0 Å². The molecular weight excluding hydrogens is 252 g/mol. The summed E-state index contributed by atoms with van der Waals surface area (Å²) in [5.74, 6) is 0.902. The maximum absolute atomic E-state index is 10.2. The maximum atomic E-state index is 10.2. The standard InChI is InChI=1S/C16H26N2O2/c1-4-16(2,19)13-17-8-10-18(11-9-17)14-6-5-7-15(12-14)20-3/h5-7,12,19H,4,8-11,13H2,1-3H3. The van der Waals surface area contributed by atoms with Gasteiger partial charge in [-0.25, -0.2) is 0 Å². The predicted octanol–water partition coefficient (Wildman–Crippen LogP) is 1.98. The molecule has 1 atom stereocenters. The Balaban J connectivity index is 1.90. The normalized spacial score (nSPS) is 19.7. The van der Waals surface area contributed by atoms with Crippen molar-refractivity contribution in [2.24, 2.45) is 0 Å². The number of benzene rings is 1. The van der Waals surface area contributed by atoms with Crippen LogP contribution in [-0.4, -0.2) is 55.4 Å². The summed E-state index contributed by atoms with van der Waals surface area (Å²) in [5.41, 5.74) is 0.643. The monoisotopic (exact) mass is 278 g/mol. The van der Waals surface area contributed by atoms with Crippen molar-refractivity contribution in [3.8, 4) is 5.75 Å². The molecule has 0 bridgehead atoms. The van der Waals surface area contributed by atoms with Gasteiger partial charge in [-0.05, 0) is 25.5 Å². The summed E-state index contributed by atoms with van der Waals surface area (Å²) in [6.07, 6.45) is 0.795. The lowest BCUT2D eigenvalue weighted by Crippen LogP contribution is -2.51. The highest BCUT2D eigenvalue weighted by Gasteiger charge is 2.25. The van der Waals surface area contributed by atoms with Crippen molar-refractivity contribution in [1.29, 1.82) is 0 Å². The van der Waals surface area contributed by atoms with Crippen LogP contribution in [0.4, 0.5) is 5.69 Å². The fourth-order valence-electron chi connectivity index (χ4n) is 2.56. The van der Waals surface area contributed by atoms with Gasteiger partial charge in [0.25, 0.3) is 0 Å². The highest BCUT2D eigenvalue weighted by atomic mass is 16.5. The Kier molecular flexibility index (Phi) is 4.89. The number of aliphatic hydroxyl groups is 1. The molecular formula is C16H26N2O2. The van der Waals surface area contributed by atoms with Crippen molar-refractivity contribution in [2.75, 3.05) is 44.7 Å². The number of rotatable bonds is 5. The van der Waals surface area contributed by atoms with Crippen LogP contribution in [0.1, 0.15) is 20.3 Å². The van der Waals surface area contributed by atoms with Crippen LogP contribution in [0.3, 0.4) is 0 Å². The molecule has 0 saturated carbocycles. The average Bonchev–Trinajstić information content (AvgIpc) is 2.48. The van der Waals surface area contributed by atoms with Crippen molar-refractivity contribution < 1.29 is 9.84 Å². The molecule has 0 aromatic heterocycles. The van der Waals surface area contributed by atoms with Crippen LogP contribution in [0.2, 0.25) is 0 Å². The summed E-state index contributed by atoms with van der Waals surface area (Å²) < 4.78 is 5.28. The number of β-amino-alcohol motifs (C(OH)–C–C–N with tert-alkyl or cyclic N) is 1. The van der Waals surface area contributed by atoms with E-state index in [1.165, 1.54) is 5.69 Å². The SMILES string of the molecule is CCC(C)(O)CN1CCN(c2cccc(OC)c2)CC1. The second-order valence-electron chi connectivity index (χ2n) is 5.82. The fourth-order valence-corrected chi connectivity index (χ4v) is 2.56. The van der Waals surface area contributed by atoms with Crippen molar-refractivity contribution in [3.63, 3.8) is 0 Å². The van der Waals surface area contributed by atoms with E-state index in [-0.39, 0.29) is 0 Å². The van der Waals surface area contributed by atoms with Gasteiger partial charge in [-0.15, -0.1) is 0 Å². The summed E-state index contributed by atoms with van der Waals surface area (Å²) in [5, 5.41) is 10.2. The van der Waals surface area contributed by atoms with Crippen LogP contribution in [0.25, 0.3) is 0 Å². The Morgan fingerprint density at radius 1 is 1.25 bits per heavy atom. The maximum Gasteiger partial charge on any atom is 0.120 e. The van der Waals surface area contributed by atoms with Crippen molar-refractivity contribution in [1.82, 2.24) is 4.90 Å². The zero-order chi connectivity index (χ0) is 14.6. The predicted molar refractivity (Wildman–Crippen MR) is 82.6 cm³/mol. The van der Waals surface area contributed by atoms with Gasteiger partial charge in [0.05, 0.1) is 12.7 Å². The summed E-state index contributed by atoms with van der Waals surface area (Å²) in [6, 6.07) is 8.21. The van der Waals surface area contributed by atoms with E-state index in [2.05, 4.69) is 21.9 Å². The van der Waals surface area contributed by atoms with E-state index < -0.39 is 5.60 Å². The molecule has 1 aliphatic rings. The molecule has 20 heavy (non-hydrogen) atoms. The number of ether oxygens (including phenoxy) is 1. The zero-order valence-corrected chi connectivity index (χ0v) is 12.8. The highest BCUT2D eigenvalue weighted by molar-refractivity contribution is 5.51. The average molecular weight is 278 g/mol. The molecule has 1 N–H and O–H groups in total. The van der Waals surface area contributed by atoms with E-state index in [1.807, 2.05) is 26.0 Å². The molecule has 1 fully saturated rings. The third-order valence-corrected chi connectivity index (χ3v) is 4.12. The Morgan fingerprint density at radius 3 is 2.55 bits per heavy atom. The van der Waals surface area contributed by atoms with Gasteiger partial charge < -0.3 is 14.7 Å². The van der Waals surface area contributed by atoms with Crippen molar-refractivity contribution in [2.45, 2.75) is 25.9 Å². The first kappa shape index (κ1) is 15.1. The van der Waals surface area contributed by atoms with Gasteiger partial charge in [0.15, 0.2) is 0 Å². The van der Waals surface area contributed by atoms with Crippen LogP contribution < -0.4 is 9.64 Å². The van der Waals surface area contributed by atoms with E-state index >= 15 is 0 Å². The first-order valence-electron chi connectivity index (χ1n) is 7.38. The Morgan fingerprint density at radius 2 is 1.95 bits per heavy atom. The Bertz CT molecular complexity index is 426. The quantitative estimate of drug-likeness (QED) is 0.893. The molecule has 1 aromatic carbocycles. The minimum Gasteiger partial charge on any atom is -0.497 e. The van der Waals surface area contributed by atoms with Gasteiger partial charge in [-0.3, -0.25) is 4.90 Å². The molecule has 0 amide bonds. The number of anilines is 1. The van der Waals surface area contributed by atoms with Gasteiger partial charge in [0, 0.05) is 44.5 Å². The molecule has 0 spiro atoms. The van der Waals surface area contributed by atoms with Gasteiger partial charge in [-0.1, -0.05) is 13.0 Å². The summed E-state index contributed by atoms with van der Waals surface area (Å²) >= 11 is 0. The van der Waals surface area contributed by atoms with Gasteiger partial charge >= 0.3 is 0 Å². The minimum atomic E-state index is -0.571. The molecule has 1 heterocycles. The molecule has 0 aliphatic carbocycles. The van der Waals surface area contributed by atoms with Gasteiger partial charge in [-0.2, -0.15) is 0 Å². The molecule has 2 rings (SSSR count). The fraction of sp³-hybridized carbons (Fsp3) is 0.625. The third kappa shape index (κ3) is 3.87. The largest absolute Gasteiger partial charge is 0.497 e. The first-order valence-corrected chi connectivity index (χ1v) is 7.38. The zero-order valence-electron chi connectivity index (χ0n) is 12.8. The number of hydrogen-bond donors (Lipinski definition) is 1. The van der Waals surface area contributed by atoms with Crippen LogP contribution in [0, 0.1) is 0 Å². The number of hydrogen-bond acceptors (Lipinski definition) is 4. The molecule has 112 valence electrons. The van der Waals surface area contributed by atoms with E-state index in [1.54, 1.807) is 7.11 Å². The summed E-state index contributed by atoms with van der Waals surface area (Å²) in [7, 11) is 1.70. The molecule has 1 aromatic rings. The lowest BCUT2D eigenvalue weighted by Gasteiger charge is -2.39. The van der Waals surface area contributed by atoms with Crippen LogP contribution in [0.15, 0.2) is 24.3 Å². The van der Waals surface area contributed by atoms with Gasteiger partial charge in [0.1, 0.15) is 5.75 Å². The Hall–Kier alpha value is -1.26. The van der Waals surface area contributed by atoms with E-state index in [0.29, 0.717) is 0 Å². The topological polar surface area (TPSA) is 35.9 Å². The van der Waals surface area contributed by atoms with Crippen LogP contribution in [0.5, 0.6) is 5.75 Å². The van der Waals surface area contributed by atoms with Crippen LogP contribution in [-0.2, 0) is 0 Å². The molecule has 1 unspecified atom stereocenters. The minimum absolute atomic E-state index is 0.571. The molecule has 1 aliphatic heterocycles. The van der Waals surface area contributed by atoms with Crippen molar-refractivity contribution in [3.05, 3.63) is 24.3 Å². The molecule has 1 saturated heterocycles. The molecule has 0 radical (unpaired) electrons. The van der Waals surface area contributed by atoms with E-state index in [4.69, 9.17) is 4.74 Å². The summed E-state index contributed by atoms with van der Waals surface area (Å²) in [6.45, 7) is 8.68. The number of nitrogens with zero attached hydrogens (tertiary/aromatic N) is 2. The molecule has 4 nitrogen and oxygen atoms in total. The van der Waals surface area contributed by atoms with E-state index in [0.717, 1.165) is 44.9 Å². The highest BCUT2D eigenvalue weighted by Crippen LogP contribution is 2.22. The van der Waals surface area contributed by atoms with Crippen molar-refractivity contribution >= 4 is 5.69 Å². The lowest BCUT2D eigenvalue weighted by molar-refractivity contribution is 0.0149. The second kappa shape index (κ2) is 6.46. The third-order valence-electron chi connectivity index (χ3n) is 4.12. The number of methoxy groups -OCH3 is 1. The molecule has 4 heteroatoms. The summed E-state index contributed by atoms with van der Waals surface area (Å²) in [4.78, 5) is 4.72. The first-order chi connectivity index (χ1) is 9.54. The second-order valence-corrected chi connectivity index (χ2v) is 5.82. The Labute approximate surface area is 122 Å².